The summed E-state index contributed by atoms with van der Waals surface area (Å²) in [7, 11) is 0. The van der Waals surface area contributed by atoms with Crippen molar-refractivity contribution in [2.24, 2.45) is 0 Å². The van der Waals surface area contributed by atoms with Gasteiger partial charge in [-0.15, -0.1) is 0 Å². The summed E-state index contributed by atoms with van der Waals surface area (Å²) < 4.78 is 47.5. The standard InChI is InChI=1S/C26H25F3N6O/c1-14-15(2)32-25-23(31-14)22(16-3-5-19(6-4-16)26(27,28)29)33-24(34-25)17-9-10-36-21(11-17)18-12-30-35(13-18)20-7-8-20/h3-6,12-13,17,20-21H,7-11H2,1-2H3. The average molecular weight is 495 g/mol. The Morgan fingerprint density at radius 3 is 2.42 bits per heavy atom. The van der Waals surface area contributed by atoms with Gasteiger partial charge in [-0.2, -0.15) is 18.3 Å². The molecule has 10 heteroatoms. The van der Waals surface area contributed by atoms with Crippen LogP contribution in [0.2, 0.25) is 0 Å². The van der Waals surface area contributed by atoms with Crippen LogP contribution in [0.4, 0.5) is 13.2 Å². The number of fused-ring (bicyclic) bond motifs is 1. The van der Waals surface area contributed by atoms with E-state index < -0.39 is 11.7 Å². The molecule has 1 saturated heterocycles. The van der Waals surface area contributed by atoms with E-state index in [-0.39, 0.29) is 12.0 Å². The van der Waals surface area contributed by atoms with Gasteiger partial charge in [0.1, 0.15) is 17.0 Å². The Bertz CT molecular complexity index is 1430. The summed E-state index contributed by atoms with van der Waals surface area (Å²) in [5.74, 6) is 0.617. The van der Waals surface area contributed by atoms with Gasteiger partial charge in [0.25, 0.3) is 0 Å². The van der Waals surface area contributed by atoms with Crippen molar-refractivity contribution in [1.29, 1.82) is 0 Å². The van der Waals surface area contributed by atoms with Gasteiger partial charge in [-0.1, -0.05) is 12.1 Å². The maximum absolute atomic E-state index is 13.1. The molecule has 2 atom stereocenters. The molecular formula is C26H25F3N6O. The summed E-state index contributed by atoms with van der Waals surface area (Å²) in [6, 6.07) is 5.51. The first-order valence-corrected chi connectivity index (χ1v) is 12.1. The predicted octanol–water partition coefficient (Wildman–Crippen LogP) is 5.89. The van der Waals surface area contributed by atoms with Crippen molar-refractivity contribution in [2.45, 2.75) is 63.8 Å². The number of ether oxygens (including phenoxy) is 1. The van der Waals surface area contributed by atoms with Gasteiger partial charge in [0, 0.05) is 29.8 Å². The minimum absolute atomic E-state index is 0.00836. The fourth-order valence-electron chi connectivity index (χ4n) is 4.65. The molecule has 0 bridgehead atoms. The van der Waals surface area contributed by atoms with Crippen molar-refractivity contribution in [3.63, 3.8) is 0 Å². The number of rotatable bonds is 4. The van der Waals surface area contributed by atoms with Crippen LogP contribution < -0.4 is 0 Å². The highest BCUT2D eigenvalue weighted by atomic mass is 19.4. The molecule has 36 heavy (non-hydrogen) atoms. The fourth-order valence-corrected chi connectivity index (χ4v) is 4.65. The first-order chi connectivity index (χ1) is 17.3. The highest BCUT2D eigenvalue weighted by molar-refractivity contribution is 5.87. The topological polar surface area (TPSA) is 78.6 Å². The molecule has 1 saturated carbocycles. The maximum Gasteiger partial charge on any atom is 0.416 e. The van der Waals surface area contributed by atoms with E-state index in [1.54, 1.807) is 0 Å². The number of aryl methyl sites for hydroxylation is 2. The molecule has 2 unspecified atom stereocenters. The van der Waals surface area contributed by atoms with Crippen LogP contribution in [0.15, 0.2) is 36.7 Å². The van der Waals surface area contributed by atoms with E-state index in [0.29, 0.717) is 47.3 Å². The molecule has 186 valence electrons. The fraction of sp³-hybridized carbons (Fsp3) is 0.423. The lowest BCUT2D eigenvalue weighted by Crippen LogP contribution is -2.20. The number of hydrogen-bond acceptors (Lipinski definition) is 6. The molecule has 4 heterocycles. The monoisotopic (exact) mass is 494 g/mol. The van der Waals surface area contributed by atoms with Gasteiger partial charge in [-0.3, -0.25) is 4.68 Å². The number of aromatic nitrogens is 6. The third-order valence-electron chi connectivity index (χ3n) is 7.01. The molecule has 0 spiro atoms. The molecule has 6 rings (SSSR count). The van der Waals surface area contributed by atoms with E-state index in [9.17, 15) is 13.2 Å². The van der Waals surface area contributed by atoms with E-state index in [1.165, 1.54) is 12.1 Å². The zero-order valence-electron chi connectivity index (χ0n) is 20.0. The highest BCUT2D eigenvalue weighted by Crippen LogP contribution is 2.40. The summed E-state index contributed by atoms with van der Waals surface area (Å²) in [6.45, 7) is 4.26. The van der Waals surface area contributed by atoms with Crippen LogP contribution in [-0.2, 0) is 10.9 Å². The van der Waals surface area contributed by atoms with Gasteiger partial charge in [-0.05, 0) is 51.7 Å². The summed E-state index contributed by atoms with van der Waals surface area (Å²) in [6.07, 6.45) is 3.16. The molecule has 0 amide bonds. The summed E-state index contributed by atoms with van der Waals surface area (Å²) in [5.41, 5.74) is 3.78. The Labute approximate surface area is 205 Å². The van der Waals surface area contributed by atoms with Crippen molar-refractivity contribution in [3.8, 4) is 11.3 Å². The van der Waals surface area contributed by atoms with Crippen LogP contribution in [0.1, 0.15) is 72.1 Å². The summed E-state index contributed by atoms with van der Waals surface area (Å²) in [4.78, 5) is 18.9. The Morgan fingerprint density at radius 2 is 1.69 bits per heavy atom. The van der Waals surface area contributed by atoms with Crippen LogP contribution in [0.3, 0.4) is 0 Å². The van der Waals surface area contributed by atoms with Crippen LogP contribution >= 0.6 is 0 Å². The minimum Gasteiger partial charge on any atom is -0.373 e. The number of halogens is 3. The zero-order chi connectivity index (χ0) is 25.0. The normalized spacial score (nSPS) is 20.7. The lowest BCUT2D eigenvalue weighted by Gasteiger charge is -2.28. The Hall–Kier alpha value is -3.40. The first kappa shape index (κ1) is 23.0. The van der Waals surface area contributed by atoms with E-state index in [4.69, 9.17) is 14.7 Å². The third kappa shape index (κ3) is 4.34. The second-order valence-corrected chi connectivity index (χ2v) is 9.64. The molecule has 3 aromatic heterocycles. The Kier molecular flexibility index (Phi) is 5.51. The van der Waals surface area contributed by atoms with Crippen LogP contribution in [-0.4, -0.2) is 36.3 Å². The molecule has 7 nitrogen and oxygen atoms in total. The van der Waals surface area contributed by atoms with E-state index >= 15 is 0 Å². The van der Waals surface area contributed by atoms with E-state index in [1.807, 2.05) is 24.7 Å². The molecule has 2 aliphatic rings. The highest BCUT2D eigenvalue weighted by Gasteiger charge is 2.32. The van der Waals surface area contributed by atoms with Crippen molar-refractivity contribution in [1.82, 2.24) is 29.7 Å². The molecule has 0 N–H and O–H groups in total. The average Bonchev–Trinajstić information content (AvgIpc) is 3.60. The van der Waals surface area contributed by atoms with Crippen LogP contribution in [0, 0.1) is 13.8 Å². The van der Waals surface area contributed by atoms with Crippen molar-refractivity contribution in [2.75, 3.05) is 6.61 Å². The molecule has 1 aromatic carbocycles. The van der Waals surface area contributed by atoms with Crippen molar-refractivity contribution < 1.29 is 17.9 Å². The molecule has 1 aliphatic heterocycles. The number of hydrogen-bond donors (Lipinski definition) is 0. The first-order valence-electron chi connectivity index (χ1n) is 12.1. The third-order valence-corrected chi connectivity index (χ3v) is 7.01. The van der Waals surface area contributed by atoms with E-state index in [2.05, 4.69) is 21.3 Å². The lowest BCUT2D eigenvalue weighted by atomic mass is 9.92. The molecule has 0 radical (unpaired) electrons. The van der Waals surface area contributed by atoms with Crippen LogP contribution in [0.25, 0.3) is 22.4 Å². The quantitative estimate of drug-likeness (QED) is 0.352. The second kappa shape index (κ2) is 8.62. The smallest absolute Gasteiger partial charge is 0.373 e. The van der Waals surface area contributed by atoms with Gasteiger partial charge in [0.2, 0.25) is 0 Å². The maximum atomic E-state index is 13.1. The summed E-state index contributed by atoms with van der Waals surface area (Å²) >= 11 is 0. The Morgan fingerprint density at radius 1 is 0.944 bits per heavy atom. The molecular weight excluding hydrogens is 469 g/mol. The van der Waals surface area contributed by atoms with Gasteiger partial charge in [0.05, 0.1) is 35.3 Å². The van der Waals surface area contributed by atoms with Gasteiger partial charge >= 0.3 is 6.18 Å². The Balaban J connectivity index is 1.38. The minimum atomic E-state index is -4.41. The number of benzene rings is 1. The largest absolute Gasteiger partial charge is 0.416 e. The van der Waals surface area contributed by atoms with Crippen LogP contribution in [0.5, 0.6) is 0 Å². The van der Waals surface area contributed by atoms with Crippen molar-refractivity contribution >= 4 is 11.2 Å². The van der Waals surface area contributed by atoms with E-state index in [0.717, 1.165) is 48.3 Å². The van der Waals surface area contributed by atoms with Crippen molar-refractivity contribution in [3.05, 3.63) is 65.0 Å². The van der Waals surface area contributed by atoms with Gasteiger partial charge < -0.3 is 4.74 Å². The predicted molar refractivity (Wildman–Crippen MR) is 126 cm³/mol. The molecule has 2 fully saturated rings. The zero-order valence-corrected chi connectivity index (χ0v) is 20.0. The molecule has 4 aromatic rings. The lowest BCUT2D eigenvalue weighted by molar-refractivity contribution is -0.137. The SMILES string of the molecule is Cc1nc2nc(C3CCOC(c4cnn(C5CC5)c4)C3)nc(-c3ccc(C(F)(F)F)cc3)c2nc1C. The van der Waals surface area contributed by atoms with Gasteiger partial charge in [0.15, 0.2) is 5.65 Å². The number of alkyl halides is 3. The number of nitrogens with zero attached hydrogens (tertiary/aromatic N) is 6. The second-order valence-electron chi connectivity index (χ2n) is 9.64. The summed E-state index contributed by atoms with van der Waals surface area (Å²) in [5, 5.41) is 4.50. The molecule has 1 aliphatic carbocycles. The van der Waals surface area contributed by atoms with Gasteiger partial charge in [-0.25, -0.2) is 19.9 Å².